The highest BCUT2D eigenvalue weighted by Crippen LogP contribution is 2.36. The first-order valence-electron chi connectivity index (χ1n) is 15.4. The number of hydrogen-bond donors (Lipinski definition) is 2. The molecule has 7 atom stereocenters. The second-order valence-corrected chi connectivity index (χ2v) is 11.2. The lowest BCUT2D eigenvalue weighted by atomic mass is 9.95. The van der Waals surface area contributed by atoms with E-state index in [0.29, 0.717) is 0 Å². The fraction of sp³-hybridized carbons (Fsp3) is 0.400. The second kappa shape index (κ2) is 16.4. The minimum Gasteiger partial charge on any atom is -0.461 e. The predicted molar refractivity (Wildman–Crippen MR) is 166 cm³/mol. The van der Waals surface area contributed by atoms with E-state index < -0.39 is 54.9 Å². The number of fused-ring (bicyclic) bond motifs is 1. The van der Waals surface area contributed by atoms with Crippen molar-refractivity contribution in [2.75, 3.05) is 13.2 Å². The maximum atomic E-state index is 13.1. The van der Waals surface area contributed by atoms with E-state index >= 15 is 0 Å². The summed E-state index contributed by atoms with van der Waals surface area (Å²) in [7, 11) is 0. The molecule has 0 aliphatic carbocycles. The Labute approximate surface area is 268 Å². The summed E-state index contributed by atoms with van der Waals surface area (Å²) in [5, 5.41) is 5.65. The summed E-state index contributed by atoms with van der Waals surface area (Å²) in [5.41, 5.74) is 2.60. The molecule has 2 N–H and O–H groups in total. The summed E-state index contributed by atoms with van der Waals surface area (Å²) >= 11 is 0. The summed E-state index contributed by atoms with van der Waals surface area (Å²) < 4.78 is 36.6. The van der Waals surface area contributed by atoms with E-state index in [4.69, 9.17) is 28.4 Å². The van der Waals surface area contributed by atoms with Gasteiger partial charge in [-0.3, -0.25) is 14.4 Å². The van der Waals surface area contributed by atoms with E-state index in [1.807, 2.05) is 91.0 Å². The van der Waals surface area contributed by atoms with Gasteiger partial charge in [-0.05, 0) is 18.1 Å². The third kappa shape index (κ3) is 9.21. The molecule has 11 nitrogen and oxygen atoms in total. The van der Waals surface area contributed by atoms with Gasteiger partial charge in [0.05, 0.1) is 19.6 Å². The molecule has 244 valence electrons. The standard InChI is InChI=1S/C35H40N2O9/c1-23(33(40)36-19-18-29(39)41-20-25-12-6-3-7-13-25)44-32-30(37-24(2)38)35(42-21-26-14-8-4-9-15-26)45-28-22-43-34(46-31(28)32)27-16-10-5-11-17-27/h3-17,23,28,30-32,34-35H,18-22H2,1-2H3,(H,36,40)(H,37,38)/t23-,28+,30+,31-,32+,34-,35-/m1/s1. The Hall–Kier alpha value is -4.13. The zero-order chi connectivity index (χ0) is 32.3. The highest BCUT2D eigenvalue weighted by Gasteiger charge is 2.52. The third-order valence-corrected chi connectivity index (χ3v) is 7.64. The van der Waals surface area contributed by atoms with Crippen molar-refractivity contribution in [2.45, 2.75) is 76.5 Å². The Morgan fingerprint density at radius 3 is 2.15 bits per heavy atom. The van der Waals surface area contributed by atoms with E-state index in [1.54, 1.807) is 6.92 Å². The van der Waals surface area contributed by atoms with Crippen LogP contribution in [0.5, 0.6) is 0 Å². The van der Waals surface area contributed by atoms with Crippen molar-refractivity contribution in [3.05, 3.63) is 108 Å². The van der Waals surface area contributed by atoms with Gasteiger partial charge in [0.1, 0.15) is 37.1 Å². The van der Waals surface area contributed by atoms with Gasteiger partial charge in [0.15, 0.2) is 12.6 Å². The fourth-order valence-electron chi connectivity index (χ4n) is 5.34. The van der Waals surface area contributed by atoms with Gasteiger partial charge >= 0.3 is 5.97 Å². The average Bonchev–Trinajstić information content (AvgIpc) is 3.08. The summed E-state index contributed by atoms with van der Waals surface area (Å²) in [4.78, 5) is 37.8. The number of carbonyl (C=O) groups is 3. The third-order valence-electron chi connectivity index (χ3n) is 7.64. The number of hydrogen-bond acceptors (Lipinski definition) is 9. The first-order valence-corrected chi connectivity index (χ1v) is 15.4. The fourth-order valence-corrected chi connectivity index (χ4v) is 5.34. The van der Waals surface area contributed by atoms with Crippen LogP contribution in [0.4, 0.5) is 0 Å². The molecule has 0 radical (unpaired) electrons. The van der Waals surface area contributed by atoms with E-state index in [9.17, 15) is 14.4 Å². The normalized spacial score (nSPS) is 24.7. The van der Waals surface area contributed by atoms with Crippen molar-refractivity contribution in [3.8, 4) is 0 Å². The molecule has 2 heterocycles. The minimum absolute atomic E-state index is 0.00359. The number of rotatable bonds is 13. The van der Waals surface area contributed by atoms with Crippen molar-refractivity contribution in [2.24, 2.45) is 0 Å². The van der Waals surface area contributed by atoms with Crippen LogP contribution in [0.2, 0.25) is 0 Å². The van der Waals surface area contributed by atoms with Gasteiger partial charge in [0.25, 0.3) is 0 Å². The molecule has 46 heavy (non-hydrogen) atoms. The molecule has 0 saturated carbocycles. The van der Waals surface area contributed by atoms with Gasteiger partial charge in [-0.15, -0.1) is 0 Å². The Morgan fingerprint density at radius 2 is 1.50 bits per heavy atom. The predicted octanol–water partition coefficient (Wildman–Crippen LogP) is 3.57. The van der Waals surface area contributed by atoms with Gasteiger partial charge in [-0.25, -0.2) is 0 Å². The van der Waals surface area contributed by atoms with Gasteiger partial charge in [-0.2, -0.15) is 0 Å². The molecule has 2 aliphatic heterocycles. The Kier molecular flexibility index (Phi) is 11.9. The zero-order valence-electron chi connectivity index (χ0n) is 25.9. The van der Waals surface area contributed by atoms with Crippen LogP contribution in [-0.2, 0) is 56.0 Å². The van der Waals surface area contributed by atoms with E-state index in [-0.39, 0.29) is 38.7 Å². The van der Waals surface area contributed by atoms with Gasteiger partial charge in [-0.1, -0.05) is 91.0 Å². The number of carbonyl (C=O) groups excluding carboxylic acids is 3. The molecule has 2 aliphatic rings. The summed E-state index contributed by atoms with van der Waals surface area (Å²) in [6.45, 7) is 3.61. The van der Waals surface area contributed by atoms with E-state index in [2.05, 4.69) is 10.6 Å². The minimum atomic E-state index is -0.975. The Balaban J connectivity index is 1.26. The van der Waals surface area contributed by atoms with Crippen molar-refractivity contribution < 1.29 is 42.8 Å². The van der Waals surface area contributed by atoms with Gasteiger partial charge in [0.2, 0.25) is 11.8 Å². The van der Waals surface area contributed by atoms with Crippen LogP contribution < -0.4 is 10.6 Å². The molecule has 11 heteroatoms. The summed E-state index contributed by atoms with van der Waals surface area (Å²) in [5.74, 6) is -1.20. The quantitative estimate of drug-likeness (QED) is 0.272. The molecular weight excluding hydrogens is 592 g/mol. The van der Waals surface area contributed by atoms with Crippen molar-refractivity contribution in [3.63, 3.8) is 0 Å². The van der Waals surface area contributed by atoms with Gasteiger partial charge < -0.3 is 39.1 Å². The Bertz CT molecular complexity index is 1410. The van der Waals surface area contributed by atoms with Crippen LogP contribution >= 0.6 is 0 Å². The molecule has 3 aromatic rings. The molecule has 2 fully saturated rings. The number of benzene rings is 3. The molecule has 3 aromatic carbocycles. The number of amides is 2. The SMILES string of the molecule is CC(=O)N[C@@H]1[C@H](OCc2ccccc2)O[C@H]2CO[C@@H](c3ccccc3)O[C@H]2[C@H]1O[C@H](C)C(=O)NCCC(=O)OCc1ccccc1. The van der Waals surface area contributed by atoms with Crippen LogP contribution in [-0.4, -0.2) is 67.7 Å². The summed E-state index contributed by atoms with van der Waals surface area (Å²) in [6, 6.07) is 27.6. The highest BCUT2D eigenvalue weighted by molar-refractivity contribution is 5.81. The highest BCUT2D eigenvalue weighted by atomic mass is 16.8. The van der Waals surface area contributed by atoms with Crippen LogP contribution in [0, 0.1) is 0 Å². The first kappa shape index (κ1) is 33.2. The molecule has 5 rings (SSSR count). The lowest BCUT2D eigenvalue weighted by Gasteiger charge is -2.49. The molecule has 0 bridgehead atoms. The van der Waals surface area contributed by atoms with Crippen LogP contribution in [0.1, 0.15) is 43.2 Å². The average molecular weight is 633 g/mol. The summed E-state index contributed by atoms with van der Waals surface area (Å²) in [6.07, 6.45) is -4.78. The number of ether oxygens (including phenoxy) is 6. The monoisotopic (exact) mass is 632 g/mol. The van der Waals surface area contributed by atoms with Crippen LogP contribution in [0.25, 0.3) is 0 Å². The maximum Gasteiger partial charge on any atom is 0.307 e. The topological polar surface area (TPSA) is 131 Å². The Morgan fingerprint density at radius 1 is 0.870 bits per heavy atom. The smallest absolute Gasteiger partial charge is 0.307 e. The lowest BCUT2D eigenvalue weighted by Crippen LogP contribution is -2.68. The molecule has 0 unspecified atom stereocenters. The van der Waals surface area contributed by atoms with E-state index in [1.165, 1.54) is 6.92 Å². The molecule has 2 saturated heterocycles. The second-order valence-electron chi connectivity index (χ2n) is 11.2. The lowest BCUT2D eigenvalue weighted by molar-refractivity contribution is -0.351. The van der Waals surface area contributed by atoms with Crippen molar-refractivity contribution in [1.29, 1.82) is 0 Å². The van der Waals surface area contributed by atoms with Crippen molar-refractivity contribution >= 4 is 17.8 Å². The molecular formula is C35H40N2O9. The largest absolute Gasteiger partial charge is 0.461 e. The zero-order valence-corrected chi connectivity index (χ0v) is 25.9. The van der Waals surface area contributed by atoms with Gasteiger partial charge in [0, 0.05) is 19.0 Å². The molecule has 0 spiro atoms. The first-order chi connectivity index (χ1) is 22.4. The molecule has 0 aromatic heterocycles. The van der Waals surface area contributed by atoms with E-state index in [0.717, 1.165) is 16.7 Å². The number of nitrogens with one attached hydrogen (secondary N) is 2. The maximum absolute atomic E-state index is 13.1. The van der Waals surface area contributed by atoms with Crippen molar-refractivity contribution in [1.82, 2.24) is 10.6 Å². The van der Waals surface area contributed by atoms with Crippen LogP contribution in [0.15, 0.2) is 91.0 Å². The molecule has 2 amide bonds. The number of esters is 1. The van der Waals surface area contributed by atoms with Crippen LogP contribution in [0.3, 0.4) is 0 Å².